The Morgan fingerprint density at radius 1 is 1.73 bits per heavy atom. The lowest BCUT2D eigenvalue weighted by molar-refractivity contribution is 0.609. The highest BCUT2D eigenvalue weighted by Crippen LogP contribution is 2.23. The molecule has 0 saturated heterocycles. The van der Waals surface area contributed by atoms with Crippen LogP contribution in [-0.2, 0) is 0 Å². The first-order valence-electron chi connectivity index (χ1n) is 4.92. The molecule has 2 nitrogen and oxygen atoms in total. The number of alkyl halides is 1. The van der Waals surface area contributed by atoms with E-state index in [1.54, 1.807) is 6.20 Å². The Morgan fingerprint density at radius 3 is 3.20 bits per heavy atom. The van der Waals surface area contributed by atoms with Crippen molar-refractivity contribution in [2.75, 3.05) is 0 Å². The van der Waals surface area contributed by atoms with Crippen molar-refractivity contribution in [2.24, 2.45) is 10.9 Å². The second-order valence-corrected chi connectivity index (χ2v) is 4.76. The van der Waals surface area contributed by atoms with E-state index in [2.05, 4.69) is 39.7 Å². The molecule has 0 aromatic rings. The lowest BCUT2D eigenvalue weighted by atomic mass is 9.80. The second-order valence-electron chi connectivity index (χ2n) is 3.32. The summed E-state index contributed by atoms with van der Waals surface area (Å²) < 4.78 is 0.360. The molecular formula is C11H14BINO. The van der Waals surface area contributed by atoms with Crippen LogP contribution in [0.4, 0.5) is 0 Å². The van der Waals surface area contributed by atoms with Gasteiger partial charge in [0.25, 0.3) is 0 Å². The largest absolute Gasteiger partial charge is 0.450 e. The normalized spacial score (nSPS) is 23.4. The van der Waals surface area contributed by atoms with Gasteiger partial charge < -0.3 is 5.02 Å². The first-order valence-corrected chi connectivity index (χ1v) is 6.16. The molecule has 0 spiro atoms. The number of hydrogen-bond donors (Lipinski definition) is 1. The highest BCUT2D eigenvalue weighted by Gasteiger charge is 2.16. The zero-order valence-corrected chi connectivity index (χ0v) is 10.8. The maximum absolute atomic E-state index is 8.91. The van der Waals surface area contributed by atoms with Crippen molar-refractivity contribution >= 4 is 36.3 Å². The smallest absolute Gasteiger partial charge is 0.326 e. The van der Waals surface area contributed by atoms with Crippen LogP contribution in [0.15, 0.2) is 41.0 Å². The summed E-state index contributed by atoms with van der Waals surface area (Å²) in [7, 11) is 1.15. The van der Waals surface area contributed by atoms with Gasteiger partial charge in [-0.1, -0.05) is 52.4 Å². The first kappa shape index (κ1) is 12.7. The van der Waals surface area contributed by atoms with E-state index in [0.29, 0.717) is 9.84 Å². The molecule has 15 heavy (non-hydrogen) atoms. The number of aliphatic imine (C=N–C) groups is 1. The Morgan fingerprint density at radius 2 is 2.53 bits per heavy atom. The van der Waals surface area contributed by atoms with E-state index >= 15 is 0 Å². The predicted octanol–water partition coefficient (Wildman–Crippen LogP) is 2.47. The van der Waals surface area contributed by atoms with Gasteiger partial charge >= 0.3 is 7.48 Å². The molecule has 0 fully saturated rings. The fourth-order valence-corrected chi connectivity index (χ4v) is 2.06. The summed E-state index contributed by atoms with van der Waals surface area (Å²) in [5, 5.41) is 8.91. The van der Waals surface area contributed by atoms with Gasteiger partial charge in [-0.15, -0.1) is 0 Å². The molecule has 0 aromatic heterocycles. The van der Waals surface area contributed by atoms with E-state index in [4.69, 9.17) is 5.02 Å². The van der Waals surface area contributed by atoms with Crippen LogP contribution >= 0.6 is 22.6 Å². The van der Waals surface area contributed by atoms with Gasteiger partial charge in [0.2, 0.25) is 0 Å². The summed E-state index contributed by atoms with van der Waals surface area (Å²) in [6.07, 6.45) is 12.7. The summed E-state index contributed by atoms with van der Waals surface area (Å²) in [4.78, 5) is 4.18. The van der Waals surface area contributed by atoms with Crippen molar-refractivity contribution in [1.29, 1.82) is 0 Å². The van der Waals surface area contributed by atoms with Crippen molar-refractivity contribution in [3.63, 3.8) is 0 Å². The number of rotatable bonds is 4. The summed E-state index contributed by atoms with van der Waals surface area (Å²) in [5.41, 5.74) is 0.882. The van der Waals surface area contributed by atoms with Gasteiger partial charge in [-0.05, 0) is 19.3 Å². The molecule has 1 aliphatic carbocycles. The van der Waals surface area contributed by atoms with Crippen LogP contribution in [0.25, 0.3) is 0 Å². The Labute approximate surface area is 105 Å². The molecule has 1 radical (unpaired) electrons. The van der Waals surface area contributed by atoms with E-state index in [9.17, 15) is 0 Å². The molecular weight excluding hydrogens is 300 g/mol. The highest BCUT2D eigenvalue weighted by molar-refractivity contribution is 14.1. The Bertz CT molecular complexity index is 310. The van der Waals surface area contributed by atoms with Gasteiger partial charge in [0, 0.05) is 12.4 Å². The number of halogens is 1. The Kier molecular flexibility index (Phi) is 5.94. The molecule has 1 N–H and O–H groups in total. The monoisotopic (exact) mass is 314 g/mol. The molecule has 1 rings (SSSR count). The lowest BCUT2D eigenvalue weighted by Gasteiger charge is -2.18. The SMILES string of the molecule is C/C=C\N=C[C@H](I)[C@@H]1C=C([B]O)C=CC1. The molecule has 0 aromatic carbocycles. The Hall–Kier alpha value is -0.355. The van der Waals surface area contributed by atoms with E-state index in [-0.39, 0.29) is 0 Å². The molecule has 0 heterocycles. The van der Waals surface area contributed by atoms with Crippen LogP contribution in [0.3, 0.4) is 0 Å². The van der Waals surface area contributed by atoms with Crippen molar-refractivity contribution < 1.29 is 5.02 Å². The third-order valence-corrected chi connectivity index (χ3v) is 3.39. The number of nitrogens with zero attached hydrogens (tertiary/aromatic N) is 1. The number of allylic oxidation sites excluding steroid dienone is 5. The highest BCUT2D eigenvalue weighted by atomic mass is 127. The molecule has 2 atom stereocenters. The predicted molar refractivity (Wildman–Crippen MR) is 74.4 cm³/mol. The molecule has 0 aliphatic heterocycles. The quantitative estimate of drug-likeness (QED) is 0.368. The van der Waals surface area contributed by atoms with E-state index in [1.807, 2.05) is 25.3 Å². The van der Waals surface area contributed by atoms with E-state index in [0.717, 1.165) is 19.4 Å². The van der Waals surface area contributed by atoms with Gasteiger partial charge in [0.05, 0.1) is 3.92 Å². The molecule has 0 saturated carbocycles. The molecule has 0 unspecified atom stereocenters. The zero-order valence-electron chi connectivity index (χ0n) is 8.68. The third kappa shape index (κ3) is 4.34. The van der Waals surface area contributed by atoms with E-state index in [1.165, 1.54) is 0 Å². The molecule has 1 aliphatic rings. The van der Waals surface area contributed by atoms with Crippen molar-refractivity contribution in [1.82, 2.24) is 0 Å². The van der Waals surface area contributed by atoms with Crippen LogP contribution in [0.2, 0.25) is 0 Å². The maximum atomic E-state index is 8.91. The summed E-state index contributed by atoms with van der Waals surface area (Å²) >= 11 is 2.37. The Balaban J connectivity index is 2.57. The molecule has 0 amide bonds. The van der Waals surface area contributed by atoms with E-state index < -0.39 is 0 Å². The topological polar surface area (TPSA) is 32.6 Å². The average molecular weight is 314 g/mol. The van der Waals surface area contributed by atoms with Crippen molar-refractivity contribution in [3.8, 4) is 0 Å². The minimum Gasteiger partial charge on any atom is -0.450 e. The molecule has 79 valence electrons. The van der Waals surface area contributed by atoms with Crippen LogP contribution in [0.1, 0.15) is 13.3 Å². The maximum Gasteiger partial charge on any atom is 0.326 e. The lowest BCUT2D eigenvalue weighted by Crippen LogP contribution is -2.16. The van der Waals surface area contributed by atoms with Gasteiger partial charge in [0.15, 0.2) is 0 Å². The summed E-state index contributed by atoms with van der Waals surface area (Å²) in [6, 6.07) is 0. The zero-order chi connectivity index (χ0) is 11.1. The van der Waals surface area contributed by atoms with Crippen LogP contribution in [-0.4, -0.2) is 22.6 Å². The van der Waals surface area contributed by atoms with Crippen LogP contribution < -0.4 is 0 Å². The van der Waals surface area contributed by atoms with Gasteiger partial charge in [-0.2, -0.15) is 0 Å². The minimum absolute atomic E-state index is 0.360. The fraction of sp³-hybridized carbons (Fsp3) is 0.364. The van der Waals surface area contributed by atoms with Crippen molar-refractivity contribution in [3.05, 3.63) is 36.0 Å². The minimum atomic E-state index is 0.360. The fourth-order valence-electron chi connectivity index (χ4n) is 1.37. The van der Waals surface area contributed by atoms with Gasteiger partial charge in [-0.3, -0.25) is 4.99 Å². The van der Waals surface area contributed by atoms with Crippen LogP contribution in [0.5, 0.6) is 0 Å². The number of hydrogen-bond acceptors (Lipinski definition) is 2. The first-order chi connectivity index (χ1) is 7.27. The van der Waals surface area contributed by atoms with Gasteiger partial charge in [-0.25, -0.2) is 0 Å². The molecule has 4 heteroatoms. The average Bonchev–Trinajstić information content (AvgIpc) is 2.29. The standard InChI is InChI=1S/C11H14BINO/c1-2-6-14-8-11(13)9-4-3-5-10(7-9)12-15/h2-3,5-9,11,15H,4H2,1H3/b6-2-,14-8?/t9-,11-/m0/s1. The van der Waals surface area contributed by atoms with Gasteiger partial charge in [0.1, 0.15) is 0 Å². The summed E-state index contributed by atoms with van der Waals surface area (Å²) in [5.74, 6) is 0.419. The third-order valence-electron chi connectivity index (χ3n) is 2.15. The van der Waals surface area contributed by atoms with Crippen molar-refractivity contribution in [2.45, 2.75) is 17.3 Å². The van der Waals surface area contributed by atoms with Crippen LogP contribution in [0, 0.1) is 5.92 Å². The summed E-state index contributed by atoms with van der Waals surface area (Å²) in [6.45, 7) is 1.95. The molecule has 0 bridgehead atoms. The second kappa shape index (κ2) is 7.01.